The van der Waals surface area contributed by atoms with Crippen molar-refractivity contribution >= 4 is 16.1 Å². The number of hydrogen-bond acceptors (Lipinski definition) is 5. The molecule has 5 nitrogen and oxygen atoms in total. The van der Waals surface area contributed by atoms with Crippen molar-refractivity contribution < 1.29 is 22.7 Å². The maximum atomic E-state index is 11.5. The smallest absolute Gasteiger partial charge is 0.175 e. The molecule has 28 heavy (non-hydrogen) atoms. The van der Waals surface area contributed by atoms with Gasteiger partial charge in [-0.15, -0.1) is 0 Å². The van der Waals surface area contributed by atoms with E-state index < -0.39 is 9.84 Å². The van der Waals surface area contributed by atoms with Gasteiger partial charge >= 0.3 is 0 Å². The molecule has 3 rings (SSSR count). The molecule has 0 spiro atoms. The third kappa shape index (κ3) is 5.20. The fourth-order valence-corrected chi connectivity index (χ4v) is 3.19. The summed E-state index contributed by atoms with van der Waals surface area (Å²) < 4.78 is 34.8. The molecule has 0 saturated carbocycles. The van der Waals surface area contributed by atoms with E-state index in [9.17, 15) is 13.2 Å². The molecule has 0 heterocycles. The van der Waals surface area contributed by atoms with Crippen LogP contribution in [0.4, 0.5) is 0 Å². The van der Waals surface area contributed by atoms with E-state index in [1.54, 1.807) is 42.5 Å². The van der Waals surface area contributed by atoms with Crippen molar-refractivity contribution in [2.75, 3.05) is 6.26 Å². The van der Waals surface area contributed by atoms with E-state index in [4.69, 9.17) is 9.47 Å². The summed E-state index contributed by atoms with van der Waals surface area (Å²) >= 11 is 0. The first-order valence-electron chi connectivity index (χ1n) is 8.63. The third-order valence-corrected chi connectivity index (χ3v) is 5.22. The molecule has 0 N–H and O–H groups in total. The number of ether oxygens (including phenoxy) is 2. The van der Waals surface area contributed by atoms with E-state index in [0.717, 1.165) is 17.4 Å². The Hall–Kier alpha value is -3.12. The van der Waals surface area contributed by atoms with Crippen LogP contribution in [-0.2, 0) is 23.1 Å². The topological polar surface area (TPSA) is 69.7 Å². The Morgan fingerprint density at radius 2 is 1.39 bits per heavy atom. The van der Waals surface area contributed by atoms with Crippen LogP contribution in [0, 0.1) is 0 Å². The fraction of sp³-hybridized carbons (Fsp3) is 0.136. The van der Waals surface area contributed by atoms with E-state index >= 15 is 0 Å². The normalized spacial score (nSPS) is 11.0. The van der Waals surface area contributed by atoms with Gasteiger partial charge in [-0.1, -0.05) is 42.5 Å². The van der Waals surface area contributed by atoms with Crippen molar-refractivity contribution in [2.45, 2.75) is 18.1 Å². The molecule has 3 aromatic carbocycles. The molecule has 0 aliphatic rings. The molecule has 0 unspecified atom stereocenters. The Balaban J connectivity index is 1.73. The second kappa shape index (κ2) is 8.71. The molecular weight excluding hydrogens is 376 g/mol. The van der Waals surface area contributed by atoms with Gasteiger partial charge in [-0.05, 0) is 41.5 Å². The van der Waals surface area contributed by atoms with E-state index in [2.05, 4.69) is 0 Å². The quantitative estimate of drug-likeness (QED) is 0.537. The highest BCUT2D eigenvalue weighted by molar-refractivity contribution is 7.90. The molecule has 0 bridgehead atoms. The van der Waals surface area contributed by atoms with E-state index in [0.29, 0.717) is 23.7 Å². The van der Waals surface area contributed by atoms with Crippen LogP contribution in [0.2, 0.25) is 0 Å². The Kier molecular flexibility index (Phi) is 6.11. The van der Waals surface area contributed by atoms with Gasteiger partial charge in [-0.3, -0.25) is 4.79 Å². The lowest BCUT2D eigenvalue weighted by Crippen LogP contribution is -2.02. The summed E-state index contributed by atoms with van der Waals surface area (Å²) in [5.41, 5.74) is 2.31. The summed E-state index contributed by atoms with van der Waals surface area (Å²) in [5.74, 6) is 0.981. The van der Waals surface area contributed by atoms with Crippen LogP contribution in [0.1, 0.15) is 21.5 Å². The number of sulfone groups is 1. The molecule has 0 amide bonds. The lowest BCUT2D eigenvalue weighted by molar-refractivity contribution is 0.112. The van der Waals surface area contributed by atoms with Gasteiger partial charge in [0, 0.05) is 11.8 Å². The van der Waals surface area contributed by atoms with Gasteiger partial charge in [0.2, 0.25) is 0 Å². The molecule has 0 saturated heterocycles. The van der Waals surface area contributed by atoms with Crippen molar-refractivity contribution in [3.05, 3.63) is 89.5 Å². The number of benzene rings is 3. The summed E-state index contributed by atoms with van der Waals surface area (Å²) in [4.78, 5) is 11.4. The number of rotatable bonds is 8. The van der Waals surface area contributed by atoms with E-state index in [1.807, 2.05) is 30.3 Å². The standard InChI is InChI=1S/C22H20O5S/c1-28(24,25)20-10-7-18(8-11-20)16-26-21-12-9-19(14-23)13-22(21)27-15-17-5-3-2-4-6-17/h2-14H,15-16H2,1H3. The van der Waals surface area contributed by atoms with Crippen LogP contribution in [0.25, 0.3) is 0 Å². The van der Waals surface area contributed by atoms with Gasteiger partial charge in [-0.25, -0.2) is 8.42 Å². The zero-order chi connectivity index (χ0) is 20.0. The van der Waals surface area contributed by atoms with Crippen molar-refractivity contribution in [1.82, 2.24) is 0 Å². The molecule has 0 radical (unpaired) electrons. The van der Waals surface area contributed by atoms with Crippen molar-refractivity contribution in [2.24, 2.45) is 0 Å². The average Bonchev–Trinajstić information content (AvgIpc) is 2.71. The van der Waals surface area contributed by atoms with Crippen LogP contribution in [0.15, 0.2) is 77.7 Å². The lowest BCUT2D eigenvalue weighted by atomic mass is 10.2. The van der Waals surface area contributed by atoms with Crippen LogP contribution in [0.3, 0.4) is 0 Å². The van der Waals surface area contributed by atoms with Crippen LogP contribution in [-0.4, -0.2) is 21.0 Å². The maximum absolute atomic E-state index is 11.5. The van der Waals surface area contributed by atoms with Gasteiger partial charge in [0.15, 0.2) is 21.3 Å². The van der Waals surface area contributed by atoms with Crippen LogP contribution in [0.5, 0.6) is 11.5 Å². The summed E-state index contributed by atoms with van der Waals surface area (Å²) in [6.45, 7) is 0.592. The van der Waals surface area contributed by atoms with Crippen molar-refractivity contribution in [1.29, 1.82) is 0 Å². The molecule has 3 aromatic rings. The van der Waals surface area contributed by atoms with E-state index in [1.165, 1.54) is 6.26 Å². The fourth-order valence-electron chi connectivity index (χ4n) is 2.56. The largest absolute Gasteiger partial charge is 0.485 e. The molecular formula is C22H20O5S. The monoisotopic (exact) mass is 396 g/mol. The second-order valence-electron chi connectivity index (χ2n) is 6.30. The highest BCUT2D eigenvalue weighted by Crippen LogP contribution is 2.29. The van der Waals surface area contributed by atoms with Gasteiger partial charge in [0.05, 0.1) is 4.90 Å². The van der Waals surface area contributed by atoms with Crippen LogP contribution < -0.4 is 9.47 Å². The molecule has 6 heteroatoms. The number of aldehydes is 1. The SMILES string of the molecule is CS(=O)(=O)c1ccc(COc2ccc(C=O)cc2OCc2ccccc2)cc1. The molecule has 144 valence electrons. The molecule has 0 aromatic heterocycles. The Morgan fingerprint density at radius 1 is 0.786 bits per heavy atom. The number of carbonyl (C=O) groups excluding carboxylic acids is 1. The minimum absolute atomic E-state index is 0.242. The molecule has 0 aliphatic carbocycles. The van der Waals surface area contributed by atoms with Gasteiger partial charge in [-0.2, -0.15) is 0 Å². The predicted molar refractivity (Wildman–Crippen MR) is 106 cm³/mol. The molecule has 0 fully saturated rings. The summed E-state index contributed by atoms with van der Waals surface area (Å²) in [6, 6.07) is 21.2. The minimum atomic E-state index is -3.23. The molecule has 0 aliphatic heterocycles. The van der Waals surface area contributed by atoms with Gasteiger partial charge < -0.3 is 9.47 Å². The zero-order valence-electron chi connectivity index (χ0n) is 15.4. The minimum Gasteiger partial charge on any atom is -0.485 e. The first-order valence-corrected chi connectivity index (χ1v) is 10.5. The predicted octanol–water partition coefficient (Wildman–Crippen LogP) is 4.06. The highest BCUT2D eigenvalue weighted by Gasteiger charge is 2.09. The summed E-state index contributed by atoms with van der Waals surface area (Å²) in [6.07, 6.45) is 1.92. The third-order valence-electron chi connectivity index (χ3n) is 4.09. The summed E-state index contributed by atoms with van der Waals surface area (Å²) in [7, 11) is -3.23. The Bertz CT molecular complexity index is 1040. The highest BCUT2D eigenvalue weighted by atomic mass is 32.2. The van der Waals surface area contributed by atoms with E-state index in [-0.39, 0.29) is 11.5 Å². The number of hydrogen-bond donors (Lipinski definition) is 0. The Morgan fingerprint density at radius 3 is 2.00 bits per heavy atom. The van der Waals surface area contributed by atoms with Crippen LogP contribution >= 0.6 is 0 Å². The molecule has 0 atom stereocenters. The zero-order valence-corrected chi connectivity index (χ0v) is 16.2. The maximum Gasteiger partial charge on any atom is 0.175 e. The van der Waals surface area contributed by atoms with Gasteiger partial charge in [0.1, 0.15) is 19.5 Å². The van der Waals surface area contributed by atoms with Crippen molar-refractivity contribution in [3.8, 4) is 11.5 Å². The first kappa shape index (κ1) is 19.6. The second-order valence-corrected chi connectivity index (χ2v) is 8.32. The first-order chi connectivity index (χ1) is 13.5. The Labute approximate surface area is 164 Å². The van der Waals surface area contributed by atoms with Gasteiger partial charge in [0.25, 0.3) is 0 Å². The lowest BCUT2D eigenvalue weighted by Gasteiger charge is -2.14. The average molecular weight is 396 g/mol. The number of carbonyl (C=O) groups is 1. The summed E-state index contributed by atoms with van der Waals surface area (Å²) in [5, 5.41) is 0. The van der Waals surface area contributed by atoms with Crippen molar-refractivity contribution in [3.63, 3.8) is 0 Å².